The molecule has 0 fully saturated rings. The second-order valence-corrected chi connectivity index (χ2v) is 5.13. The lowest BCUT2D eigenvalue weighted by atomic mass is 10.1. The molecule has 5 heteroatoms. The van der Waals surface area contributed by atoms with E-state index in [9.17, 15) is 0 Å². The molecule has 0 atom stereocenters. The van der Waals surface area contributed by atoms with Gasteiger partial charge in [0.1, 0.15) is 0 Å². The van der Waals surface area contributed by atoms with E-state index in [1.807, 2.05) is 24.9 Å². The summed E-state index contributed by atoms with van der Waals surface area (Å²) in [6.07, 6.45) is 4.93. The minimum atomic E-state index is 0.867. The lowest BCUT2D eigenvalue weighted by molar-refractivity contribution is 0.684. The van der Waals surface area contributed by atoms with E-state index in [0.717, 1.165) is 36.1 Å². The van der Waals surface area contributed by atoms with Crippen molar-refractivity contribution >= 4 is 10.9 Å². The zero-order valence-electron chi connectivity index (χ0n) is 11.8. The summed E-state index contributed by atoms with van der Waals surface area (Å²) < 4.78 is 1.86. The summed E-state index contributed by atoms with van der Waals surface area (Å²) in [5, 5.41) is 16.0. The highest BCUT2D eigenvalue weighted by Crippen LogP contribution is 2.13. The molecular weight excluding hydrogens is 250 g/mol. The lowest BCUT2D eigenvalue weighted by Gasteiger charge is -2.04. The molecule has 5 nitrogen and oxygen atoms in total. The molecule has 0 aliphatic carbocycles. The number of nitrogens with zero attached hydrogens (tertiary/aromatic N) is 3. The van der Waals surface area contributed by atoms with E-state index in [0.29, 0.717) is 0 Å². The van der Waals surface area contributed by atoms with Gasteiger partial charge in [0.15, 0.2) is 0 Å². The fourth-order valence-electron chi connectivity index (χ4n) is 2.42. The lowest BCUT2D eigenvalue weighted by Crippen LogP contribution is -2.16. The first kappa shape index (κ1) is 12.9. The van der Waals surface area contributed by atoms with E-state index in [2.05, 4.69) is 45.0 Å². The quantitative estimate of drug-likeness (QED) is 0.696. The van der Waals surface area contributed by atoms with Gasteiger partial charge in [0.25, 0.3) is 0 Å². The van der Waals surface area contributed by atoms with Crippen LogP contribution in [0.1, 0.15) is 16.8 Å². The molecule has 0 saturated carbocycles. The van der Waals surface area contributed by atoms with Crippen LogP contribution in [0.25, 0.3) is 10.9 Å². The van der Waals surface area contributed by atoms with Crippen LogP contribution in [0.2, 0.25) is 0 Å². The standard InChI is InChI=1S/C15H19N5/c1-11-14(10-20(2)19-11)8-16-6-5-12-3-4-13-9-17-18-15(13)7-12/h3-4,7,9-10,16H,5-6,8H2,1-2H3,(H,17,18). The van der Waals surface area contributed by atoms with Gasteiger partial charge in [0.05, 0.1) is 17.4 Å². The topological polar surface area (TPSA) is 58.5 Å². The summed E-state index contributed by atoms with van der Waals surface area (Å²) in [5.74, 6) is 0. The Morgan fingerprint density at radius 2 is 2.25 bits per heavy atom. The largest absolute Gasteiger partial charge is 0.312 e. The van der Waals surface area contributed by atoms with E-state index in [1.165, 1.54) is 11.1 Å². The van der Waals surface area contributed by atoms with Crippen LogP contribution in [0.15, 0.2) is 30.6 Å². The molecule has 104 valence electrons. The van der Waals surface area contributed by atoms with Crippen molar-refractivity contribution in [1.82, 2.24) is 25.3 Å². The molecule has 0 amide bonds. The third-order valence-electron chi connectivity index (χ3n) is 3.53. The van der Waals surface area contributed by atoms with Crippen molar-refractivity contribution in [3.63, 3.8) is 0 Å². The summed E-state index contributed by atoms with van der Waals surface area (Å²) in [5.41, 5.74) is 4.78. The maximum Gasteiger partial charge on any atom is 0.0653 e. The minimum Gasteiger partial charge on any atom is -0.312 e. The number of fused-ring (bicyclic) bond motifs is 1. The second-order valence-electron chi connectivity index (χ2n) is 5.13. The van der Waals surface area contributed by atoms with Crippen molar-refractivity contribution in [2.45, 2.75) is 19.9 Å². The van der Waals surface area contributed by atoms with Crippen LogP contribution in [0, 0.1) is 6.92 Å². The molecule has 3 rings (SSSR count). The maximum atomic E-state index is 4.34. The number of aromatic nitrogens is 4. The van der Waals surface area contributed by atoms with Crippen LogP contribution in [-0.4, -0.2) is 26.5 Å². The van der Waals surface area contributed by atoms with Gasteiger partial charge in [-0.1, -0.05) is 12.1 Å². The summed E-state index contributed by atoms with van der Waals surface area (Å²) in [6.45, 7) is 3.86. The number of benzene rings is 1. The molecule has 2 aromatic heterocycles. The monoisotopic (exact) mass is 269 g/mol. The second kappa shape index (κ2) is 5.46. The fourth-order valence-corrected chi connectivity index (χ4v) is 2.42. The molecule has 0 aliphatic heterocycles. The highest BCUT2D eigenvalue weighted by molar-refractivity contribution is 5.78. The third kappa shape index (κ3) is 2.72. The number of aromatic amines is 1. The van der Waals surface area contributed by atoms with Crippen molar-refractivity contribution in [2.24, 2.45) is 7.05 Å². The summed E-state index contributed by atoms with van der Waals surface area (Å²) >= 11 is 0. The van der Waals surface area contributed by atoms with E-state index >= 15 is 0 Å². The average Bonchev–Trinajstić information content (AvgIpc) is 3.00. The van der Waals surface area contributed by atoms with Crippen LogP contribution in [0.4, 0.5) is 0 Å². The van der Waals surface area contributed by atoms with Crippen molar-refractivity contribution in [2.75, 3.05) is 6.54 Å². The van der Waals surface area contributed by atoms with Crippen LogP contribution in [0.5, 0.6) is 0 Å². The van der Waals surface area contributed by atoms with Crippen LogP contribution in [0.3, 0.4) is 0 Å². The molecule has 0 saturated heterocycles. The van der Waals surface area contributed by atoms with E-state index in [4.69, 9.17) is 0 Å². The first-order valence-electron chi connectivity index (χ1n) is 6.84. The smallest absolute Gasteiger partial charge is 0.0653 e. The number of nitrogens with one attached hydrogen (secondary N) is 2. The maximum absolute atomic E-state index is 4.34. The molecule has 0 unspecified atom stereocenters. The van der Waals surface area contributed by atoms with Crippen LogP contribution < -0.4 is 5.32 Å². The number of hydrogen-bond acceptors (Lipinski definition) is 3. The number of aryl methyl sites for hydroxylation is 2. The molecule has 1 aromatic carbocycles. The Kier molecular flexibility index (Phi) is 3.52. The fraction of sp³-hybridized carbons (Fsp3) is 0.333. The number of H-pyrrole nitrogens is 1. The zero-order valence-corrected chi connectivity index (χ0v) is 11.8. The van der Waals surface area contributed by atoms with Crippen molar-refractivity contribution in [3.05, 3.63) is 47.4 Å². The SMILES string of the molecule is Cc1nn(C)cc1CNCCc1ccc2cn[nH]c2c1. The Labute approximate surface area is 118 Å². The number of rotatable bonds is 5. The van der Waals surface area contributed by atoms with Gasteiger partial charge in [-0.2, -0.15) is 10.2 Å². The highest BCUT2D eigenvalue weighted by atomic mass is 15.2. The summed E-state index contributed by atoms with van der Waals surface area (Å²) in [7, 11) is 1.95. The first-order valence-corrected chi connectivity index (χ1v) is 6.84. The van der Waals surface area contributed by atoms with E-state index < -0.39 is 0 Å². The molecule has 0 aliphatic rings. The molecule has 0 radical (unpaired) electrons. The van der Waals surface area contributed by atoms with E-state index in [1.54, 1.807) is 0 Å². The zero-order chi connectivity index (χ0) is 13.9. The molecular formula is C15H19N5. The van der Waals surface area contributed by atoms with Gasteiger partial charge in [-0.3, -0.25) is 9.78 Å². The van der Waals surface area contributed by atoms with Crippen LogP contribution >= 0.6 is 0 Å². The van der Waals surface area contributed by atoms with Gasteiger partial charge in [0.2, 0.25) is 0 Å². The predicted molar refractivity (Wildman–Crippen MR) is 79.4 cm³/mol. The van der Waals surface area contributed by atoms with Gasteiger partial charge in [-0.05, 0) is 31.5 Å². The Morgan fingerprint density at radius 1 is 1.35 bits per heavy atom. The Morgan fingerprint density at radius 3 is 3.05 bits per heavy atom. The molecule has 20 heavy (non-hydrogen) atoms. The predicted octanol–water partition coefficient (Wildman–Crippen LogP) is 1.94. The Bertz CT molecular complexity index is 710. The normalized spacial score (nSPS) is 11.3. The molecule has 3 aromatic rings. The Balaban J connectivity index is 1.53. The number of hydrogen-bond donors (Lipinski definition) is 2. The molecule has 0 spiro atoms. The van der Waals surface area contributed by atoms with Crippen molar-refractivity contribution in [3.8, 4) is 0 Å². The molecule has 2 heterocycles. The minimum absolute atomic E-state index is 0.867. The molecule has 2 N–H and O–H groups in total. The Hall–Kier alpha value is -2.14. The van der Waals surface area contributed by atoms with Crippen molar-refractivity contribution in [1.29, 1.82) is 0 Å². The van der Waals surface area contributed by atoms with Gasteiger partial charge >= 0.3 is 0 Å². The van der Waals surface area contributed by atoms with Gasteiger partial charge < -0.3 is 5.32 Å². The van der Waals surface area contributed by atoms with Gasteiger partial charge in [-0.15, -0.1) is 0 Å². The average molecular weight is 269 g/mol. The van der Waals surface area contributed by atoms with Gasteiger partial charge in [-0.25, -0.2) is 0 Å². The van der Waals surface area contributed by atoms with Crippen LogP contribution in [-0.2, 0) is 20.0 Å². The van der Waals surface area contributed by atoms with E-state index in [-0.39, 0.29) is 0 Å². The van der Waals surface area contributed by atoms with Crippen molar-refractivity contribution < 1.29 is 0 Å². The first-order chi connectivity index (χ1) is 9.72. The summed E-state index contributed by atoms with van der Waals surface area (Å²) in [6, 6.07) is 6.44. The third-order valence-corrected chi connectivity index (χ3v) is 3.53. The van der Waals surface area contributed by atoms with Gasteiger partial charge in [0, 0.05) is 30.7 Å². The highest BCUT2D eigenvalue weighted by Gasteiger charge is 2.02. The summed E-state index contributed by atoms with van der Waals surface area (Å²) in [4.78, 5) is 0. The molecule has 0 bridgehead atoms.